The molecular weight excluding hydrogens is 423 g/mol. The second-order valence-electron chi connectivity index (χ2n) is 7.39. The fourth-order valence-electron chi connectivity index (χ4n) is 3.46. The molecule has 0 bridgehead atoms. The number of hydrogen-bond acceptors (Lipinski definition) is 5. The highest BCUT2D eigenvalue weighted by atomic mass is 35.5. The molecule has 0 aliphatic carbocycles. The molecule has 30 heavy (non-hydrogen) atoms. The van der Waals surface area contributed by atoms with Crippen LogP contribution in [0, 0.1) is 26.6 Å². The molecule has 0 radical (unpaired) electrons. The maximum absolute atomic E-state index is 14.1. The van der Waals surface area contributed by atoms with E-state index in [1.165, 1.54) is 6.07 Å². The molecule has 1 unspecified atom stereocenters. The lowest BCUT2D eigenvalue weighted by molar-refractivity contribution is 0.540. The zero-order chi connectivity index (χ0) is 21.4. The summed E-state index contributed by atoms with van der Waals surface area (Å²) in [6.45, 7) is 8.32. The normalized spacial score (nSPS) is 12.5. The van der Waals surface area contributed by atoms with Gasteiger partial charge < -0.3 is 0 Å². The predicted octanol–water partition coefficient (Wildman–Crippen LogP) is 4.90. The van der Waals surface area contributed by atoms with E-state index in [2.05, 4.69) is 33.4 Å². The van der Waals surface area contributed by atoms with E-state index in [1.54, 1.807) is 28.2 Å². The quantitative estimate of drug-likeness (QED) is 0.424. The highest BCUT2D eigenvalue weighted by Crippen LogP contribution is 2.25. The molecule has 1 atom stereocenters. The van der Waals surface area contributed by atoms with Gasteiger partial charge >= 0.3 is 0 Å². The third kappa shape index (κ3) is 4.15. The molecule has 4 aromatic rings. The maximum Gasteiger partial charge on any atom is 0.141 e. The molecule has 6 nitrogen and oxygen atoms in total. The Labute approximate surface area is 183 Å². The van der Waals surface area contributed by atoms with E-state index >= 15 is 0 Å². The van der Waals surface area contributed by atoms with Crippen LogP contribution in [0.1, 0.15) is 51.3 Å². The van der Waals surface area contributed by atoms with Gasteiger partial charge in [0.05, 0.1) is 17.9 Å². The van der Waals surface area contributed by atoms with Crippen molar-refractivity contribution in [3.05, 3.63) is 79.5 Å². The Hall–Kier alpha value is -2.58. The minimum atomic E-state index is -0.328. The third-order valence-corrected chi connectivity index (χ3v) is 6.43. The lowest BCUT2D eigenvalue weighted by atomic mass is 10.2. The summed E-state index contributed by atoms with van der Waals surface area (Å²) >= 11 is 7.72. The Morgan fingerprint density at radius 1 is 1.10 bits per heavy atom. The van der Waals surface area contributed by atoms with E-state index in [0.717, 1.165) is 32.8 Å². The second kappa shape index (κ2) is 8.28. The van der Waals surface area contributed by atoms with E-state index < -0.39 is 0 Å². The molecular formula is C21H22ClFN6S. The van der Waals surface area contributed by atoms with Gasteiger partial charge in [-0.1, -0.05) is 29.0 Å². The number of halogens is 2. The largest absolute Gasteiger partial charge is 0.265 e. The summed E-state index contributed by atoms with van der Waals surface area (Å²) in [6.07, 6.45) is 0.570. The second-order valence-corrected chi connectivity index (χ2v) is 8.89. The van der Waals surface area contributed by atoms with Crippen LogP contribution in [0.25, 0.3) is 0 Å². The van der Waals surface area contributed by atoms with Crippen LogP contribution in [0.2, 0.25) is 5.02 Å². The minimum absolute atomic E-state index is 0.0208. The van der Waals surface area contributed by atoms with Crippen molar-refractivity contribution in [1.82, 2.24) is 29.8 Å². The van der Waals surface area contributed by atoms with Crippen LogP contribution in [0.5, 0.6) is 0 Å². The van der Waals surface area contributed by atoms with Crippen molar-refractivity contribution in [1.29, 1.82) is 0 Å². The number of hydrogen-bond donors (Lipinski definition) is 0. The van der Waals surface area contributed by atoms with Crippen LogP contribution < -0.4 is 0 Å². The molecule has 3 aromatic heterocycles. The van der Waals surface area contributed by atoms with Crippen molar-refractivity contribution < 1.29 is 4.39 Å². The summed E-state index contributed by atoms with van der Waals surface area (Å²) in [5.74, 6) is -0.328. The molecule has 0 amide bonds. The molecule has 0 fully saturated rings. The van der Waals surface area contributed by atoms with Gasteiger partial charge in [-0.25, -0.2) is 4.39 Å². The topological polar surface area (TPSA) is 61.4 Å². The van der Waals surface area contributed by atoms with E-state index in [9.17, 15) is 4.39 Å². The lowest BCUT2D eigenvalue weighted by Gasteiger charge is -2.10. The van der Waals surface area contributed by atoms with Crippen molar-refractivity contribution in [3.63, 3.8) is 0 Å². The highest BCUT2D eigenvalue weighted by molar-refractivity contribution is 7.11. The van der Waals surface area contributed by atoms with Gasteiger partial charge in [-0.3, -0.25) is 9.36 Å². The van der Waals surface area contributed by atoms with Crippen molar-refractivity contribution >= 4 is 22.9 Å². The first-order chi connectivity index (χ1) is 14.3. The molecule has 0 aliphatic heterocycles. The number of nitrogens with zero attached hydrogens (tertiary/aromatic N) is 6. The first kappa shape index (κ1) is 20.7. The van der Waals surface area contributed by atoms with Gasteiger partial charge in [0, 0.05) is 28.4 Å². The van der Waals surface area contributed by atoms with Crippen molar-refractivity contribution in [2.24, 2.45) is 0 Å². The van der Waals surface area contributed by atoms with Gasteiger partial charge in [0.2, 0.25) is 0 Å². The van der Waals surface area contributed by atoms with Crippen LogP contribution in [-0.4, -0.2) is 29.8 Å². The van der Waals surface area contributed by atoms with Crippen molar-refractivity contribution in [2.75, 3.05) is 0 Å². The molecule has 0 saturated carbocycles. The van der Waals surface area contributed by atoms with Gasteiger partial charge in [-0.05, 0) is 52.0 Å². The Morgan fingerprint density at radius 2 is 1.90 bits per heavy atom. The Balaban J connectivity index is 1.51. The Morgan fingerprint density at radius 3 is 2.60 bits per heavy atom. The summed E-state index contributed by atoms with van der Waals surface area (Å²) in [6, 6.07) is 8.76. The van der Waals surface area contributed by atoms with Crippen molar-refractivity contribution in [3.8, 4) is 0 Å². The van der Waals surface area contributed by atoms with Gasteiger partial charge in [-0.15, -0.1) is 10.2 Å². The SMILES string of the molecule is Cc1cc(C)n(C(C)c2nnc(Cc3cc(C)n(Cc4c(F)cccc4Cl)n3)s2)n1. The van der Waals surface area contributed by atoms with E-state index in [-0.39, 0.29) is 18.4 Å². The molecule has 9 heteroatoms. The molecule has 0 saturated heterocycles. The molecule has 3 heterocycles. The first-order valence-corrected chi connectivity index (χ1v) is 10.8. The first-order valence-electron chi connectivity index (χ1n) is 9.63. The molecule has 0 N–H and O–H groups in total. The number of benzene rings is 1. The molecule has 0 spiro atoms. The summed E-state index contributed by atoms with van der Waals surface area (Å²) in [4.78, 5) is 0. The molecule has 1 aromatic carbocycles. The lowest BCUT2D eigenvalue weighted by Crippen LogP contribution is -2.10. The average Bonchev–Trinajstić information content (AvgIpc) is 3.37. The van der Waals surface area contributed by atoms with Crippen LogP contribution in [-0.2, 0) is 13.0 Å². The van der Waals surface area contributed by atoms with Crippen LogP contribution in [0.15, 0.2) is 30.3 Å². The third-order valence-electron chi connectivity index (χ3n) is 4.99. The van der Waals surface area contributed by atoms with Crippen LogP contribution in [0.4, 0.5) is 4.39 Å². The van der Waals surface area contributed by atoms with Crippen LogP contribution in [0.3, 0.4) is 0 Å². The summed E-state index contributed by atoms with van der Waals surface area (Å²) in [7, 11) is 0. The predicted molar refractivity (Wildman–Crippen MR) is 116 cm³/mol. The van der Waals surface area contributed by atoms with Crippen LogP contribution >= 0.6 is 22.9 Å². The smallest absolute Gasteiger partial charge is 0.141 e. The number of aryl methyl sites for hydroxylation is 3. The van der Waals surface area contributed by atoms with Gasteiger partial charge in [-0.2, -0.15) is 10.2 Å². The van der Waals surface area contributed by atoms with Gasteiger partial charge in [0.15, 0.2) is 0 Å². The Bertz CT molecular complexity index is 1170. The zero-order valence-corrected chi connectivity index (χ0v) is 18.8. The summed E-state index contributed by atoms with van der Waals surface area (Å²) in [5.41, 5.74) is 4.32. The summed E-state index contributed by atoms with van der Waals surface area (Å²) in [5, 5.41) is 20.1. The maximum atomic E-state index is 14.1. The molecule has 0 aliphatic rings. The van der Waals surface area contributed by atoms with E-state index in [0.29, 0.717) is 17.0 Å². The average molecular weight is 445 g/mol. The Kier molecular flexibility index (Phi) is 5.71. The highest BCUT2D eigenvalue weighted by Gasteiger charge is 2.18. The van der Waals surface area contributed by atoms with Crippen molar-refractivity contribution in [2.45, 2.75) is 46.7 Å². The minimum Gasteiger partial charge on any atom is -0.265 e. The van der Waals surface area contributed by atoms with E-state index in [1.807, 2.05) is 31.5 Å². The molecule has 156 valence electrons. The zero-order valence-electron chi connectivity index (χ0n) is 17.2. The number of rotatable bonds is 6. The summed E-state index contributed by atoms with van der Waals surface area (Å²) < 4.78 is 17.9. The van der Waals surface area contributed by atoms with Gasteiger partial charge in [0.1, 0.15) is 21.9 Å². The van der Waals surface area contributed by atoms with Gasteiger partial charge in [0.25, 0.3) is 0 Å². The molecule has 4 rings (SSSR count). The monoisotopic (exact) mass is 444 g/mol. The fourth-order valence-corrected chi connectivity index (χ4v) is 4.58. The van der Waals surface area contributed by atoms with E-state index in [4.69, 9.17) is 11.6 Å². The standard InChI is InChI=1S/C21H22ClFN6S/c1-12-8-14(3)29(26-12)15(4)21-25-24-20(30-21)10-16-9-13(2)28(27-16)11-17-18(22)6-5-7-19(17)23/h5-9,15H,10-11H2,1-4H3. The number of aromatic nitrogens is 6. The fraction of sp³-hybridized carbons (Fsp3) is 0.333.